The Hall–Kier alpha value is -7.02. The highest BCUT2D eigenvalue weighted by atomic mass is 14.3. The van der Waals surface area contributed by atoms with Crippen molar-refractivity contribution in [2.75, 3.05) is 0 Å². The van der Waals surface area contributed by atoms with Crippen molar-refractivity contribution in [3.8, 4) is 66.8 Å². The highest BCUT2D eigenvalue weighted by Crippen LogP contribution is 2.55. The maximum Gasteiger partial charge on any atom is -0.000116 e. The van der Waals surface area contributed by atoms with E-state index < -0.39 is 0 Å². The van der Waals surface area contributed by atoms with Crippen molar-refractivity contribution in [2.24, 2.45) is 0 Å². The Kier molecular flexibility index (Phi) is 7.93. The molecule has 0 unspecified atom stereocenters. The second kappa shape index (κ2) is 13.5. The second-order valence-electron chi connectivity index (χ2n) is 13.9. The fraction of sp³-hybridized carbons (Fsp3) is 0. The van der Waals surface area contributed by atoms with Crippen molar-refractivity contribution in [1.29, 1.82) is 0 Å². The molecule has 0 aliphatic carbocycles. The van der Waals surface area contributed by atoms with Gasteiger partial charge < -0.3 is 0 Å². The molecule has 252 valence electrons. The number of fused-ring (bicyclic) bond motifs is 3. The number of hydrogen-bond donors (Lipinski definition) is 0. The van der Waals surface area contributed by atoms with E-state index in [9.17, 15) is 0 Å². The van der Waals surface area contributed by atoms with Gasteiger partial charge in [0.1, 0.15) is 0 Å². The minimum absolute atomic E-state index is 1.20. The zero-order valence-corrected chi connectivity index (χ0v) is 29.8. The second-order valence-corrected chi connectivity index (χ2v) is 13.9. The molecule has 0 N–H and O–H groups in total. The molecule has 10 rings (SSSR count). The summed E-state index contributed by atoms with van der Waals surface area (Å²) < 4.78 is 0. The summed E-state index contributed by atoms with van der Waals surface area (Å²) in [6, 6.07) is 79.8. The Morgan fingerprint density at radius 3 is 0.741 bits per heavy atom. The van der Waals surface area contributed by atoms with Crippen LogP contribution in [0, 0.1) is 0 Å². The SMILES string of the molecule is c1ccc(-c2ccccc2-c2c3ccccc3c(-c3ccccc3-c3ccccc3)c3c(-c4ccccc4)c4ccccc4c(-c4ccccc4)c23)cc1. The lowest BCUT2D eigenvalue weighted by Gasteiger charge is -2.26. The molecule has 0 saturated carbocycles. The van der Waals surface area contributed by atoms with Gasteiger partial charge in [0.2, 0.25) is 0 Å². The van der Waals surface area contributed by atoms with E-state index in [0.29, 0.717) is 0 Å². The molecule has 0 atom stereocenters. The summed E-state index contributed by atoms with van der Waals surface area (Å²) in [5.41, 5.74) is 14.7. The van der Waals surface area contributed by atoms with Crippen molar-refractivity contribution >= 4 is 32.3 Å². The zero-order chi connectivity index (χ0) is 35.8. The van der Waals surface area contributed by atoms with E-state index >= 15 is 0 Å². The van der Waals surface area contributed by atoms with Crippen LogP contribution in [0.3, 0.4) is 0 Å². The Balaban J connectivity index is 1.54. The molecule has 54 heavy (non-hydrogen) atoms. The van der Waals surface area contributed by atoms with E-state index in [1.54, 1.807) is 0 Å². The molecule has 0 aliphatic rings. The topological polar surface area (TPSA) is 0 Å². The smallest absolute Gasteiger partial charge is 0.000116 e. The van der Waals surface area contributed by atoms with Gasteiger partial charge in [-0.15, -0.1) is 0 Å². The van der Waals surface area contributed by atoms with Crippen LogP contribution < -0.4 is 0 Å². The largest absolute Gasteiger partial charge is 0.0622 e. The third kappa shape index (κ3) is 5.23. The Morgan fingerprint density at radius 1 is 0.167 bits per heavy atom. The molecule has 10 aromatic rings. The molecule has 0 bridgehead atoms. The average molecular weight is 685 g/mol. The number of rotatable bonds is 6. The summed E-state index contributed by atoms with van der Waals surface area (Å²) in [6.45, 7) is 0. The quantitative estimate of drug-likeness (QED) is 0.153. The van der Waals surface area contributed by atoms with Gasteiger partial charge in [0.15, 0.2) is 0 Å². The van der Waals surface area contributed by atoms with Crippen LogP contribution >= 0.6 is 0 Å². The molecule has 0 aromatic heterocycles. The number of hydrogen-bond acceptors (Lipinski definition) is 0. The third-order valence-electron chi connectivity index (χ3n) is 10.9. The molecule has 0 heteroatoms. The molecule has 0 spiro atoms. The van der Waals surface area contributed by atoms with Gasteiger partial charge in [0, 0.05) is 0 Å². The van der Waals surface area contributed by atoms with Crippen LogP contribution in [0.1, 0.15) is 0 Å². The number of benzene rings is 10. The van der Waals surface area contributed by atoms with E-state index in [1.165, 1.54) is 99.1 Å². The molecule has 0 amide bonds. The fourth-order valence-electron chi connectivity index (χ4n) is 8.64. The molecular formula is C54H36. The minimum Gasteiger partial charge on any atom is -0.0622 e. The van der Waals surface area contributed by atoms with Gasteiger partial charge in [0.05, 0.1) is 0 Å². The van der Waals surface area contributed by atoms with Gasteiger partial charge in [-0.1, -0.05) is 218 Å². The first kappa shape index (κ1) is 31.7. The Labute approximate surface area is 316 Å². The van der Waals surface area contributed by atoms with E-state index in [0.717, 1.165) is 0 Å². The minimum atomic E-state index is 1.20. The maximum atomic E-state index is 2.34. The first-order chi connectivity index (χ1) is 26.9. The van der Waals surface area contributed by atoms with Crippen molar-refractivity contribution in [3.05, 3.63) is 218 Å². The first-order valence-corrected chi connectivity index (χ1v) is 18.7. The van der Waals surface area contributed by atoms with Crippen molar-refractivity contribution in [1.82, 2.24) is 0 Å². The van der Waals surface area contributed by atoms with Crippen LogP contribution in [0.25, 0.3) is 99.1 Å². The van der Waals surface area contributed by atoms with Crippen LogP contribution in [-0.2, 0) is 0 Å². The Morgan fingerprint density at radius 2 is 0.407 bits per heavy atom. The van der Waals surface area contributed by atoms with Gasteiger partial charge in [-0.2, -0.15) is 0 Å². The van der Waals surface area contributed by atoms with Gasteiger partial charge >= 0.3 is 0 Å². The summed E-state index contributed by atoms with van der Waals surface area (Å²) in [5.74, 6) is 0. The summed E-state index contributed by atoms with van der Waals surface area (Å²) in [4.78, 5) is 0. The molecule has 0 fully saturated rings. The normalized spacial score (nSPS) is 11.3. The van der Waals surface area contributed by atoms with Crippen LogP contribution in [-0.4, -0.2) is 0 Å². The predicted molar refractivity (Wildman–Crippen MR) is 232 cm³/mol. The molecular weight excluding hydrogens is 649 g/mol. The van der Waals surface area contributed by atoms with E-state index in [1.807, 2.05) is 0 Å². The van der Waals surface area contributed by atoms with Crippen molar-refractivity contribution in [3.63, 3.8) is 0 Å². The maximum absolute atomic E-state index is 2.34. The molecule has 0 radical (unpaired) electrons. The highest BCUT2D eigenvalue weighted by molar-refractivity contribution is 6.34. The van der Waals surface area contributed by atoms with E-state index in [-0.39, 0.29) is 0 Å². The van der Waals surface area contributed by atoms with Crippen molar-refractivity contribution < 1.29 is 0 Å². The molecule has 0 heterocycles. The van der Waals surface area contributed by atoms with Crippen LogP contribution in [0.2, 0.25) is 0 Å². The lowest BCUT2D eigenvalue weighted by atomic mass is 9.76. The van der Waals surface area contributed by atoms with Gasteiger partial charge in [-0.25, -0.2) is 0 Å². The zero-order valence-electron chi connectivity index (χ0n) is 29.8. The monoisotopic (exact) mass is 684 g/mol. The van der Waals surface area contributed by atoms with Crippen LogP contribution in [0.15, 0.2) is 218 Å². The molecule has 0 aliphatic heterocycles. The molecule has 0 nitrogen and oxygen atoms in total. The standard InChI is InChI=1S/C54H36/c1-5-21-37(22-6-1)41-29-13-15-31-43(41)51-47-35-19-20-36-48(47)52(44-32-16-14-30-42(44)38-23-7-2-8-24-38)54-50(40-27-11-4-12-28-40)46-34-18-17-33-45(46)49(53(51)54)39-25-9-3-10-26-39/h1-36H. The average Bonchev–Trinajstić information content (AvgIpc) is 3.26. The van der Waals surface area contributed by atoms with Crippen LogP contribution in [0.4, 0.5) is 0 Å². The lowest BCUT2D eigenvalue weighted by Crippen LogP contribution is -1.99. The van der Waals surface area contributed by atoms with E-state index in [2.05, 4.69) is 218 Å². The fourth-order valence-corrected chi connectivity index (χ4v) is 8.64. The highest BCUT2D eigenvalue weighted by Gasteiger charge is 2.27. The van der Waals surface area contributed by atoms with Gasteiger partial charge in [0.25, 0.3) is 0 Å². The third-order valence-corrected chi connectivity index (χ3v) is 10.9. The van der Waals surface area contributed by atoms with Gasteiger partial charge in [-0.05, 0) is 99.1 Å². The predicted octanol–water partition coefficient (Wildman–Crippen LogP) is 15.1. The Bertz CT molecular complexity index is 2740. The summed E-state index contributed by atoms with van der Waals surface area (Å²) in [5, 5.41) is 7.48. The van der Waals surface area contributed by atoms with Crippen LogP contribution in [0.5, 0.6) is 0 Å². The summed E-state index contributed by atoms with van der Waals surface area (Å²) in [7, 11) is 0. The summed E-state index contributed by atoms with van der Waals surface area (Å²) in [6.07, 6.45) is 0. The summed E-state index contributed by atoms with van der Waals surface area (Å²) >= 11 is 0. The molecule has 10 aromatic carbocycles. The van der Waals surface area contributed by atoms with E-state index in [4.69, 9.17) is 0 Å². The lowest BCUT2D eigenvalue weighted by molar-refractivity contribution is 1.59. The van der Waals surface area contributed by atoms with Gasteiger partial charge in [-0.3, -0.25) is 0 Å². The van der Waals surface area contributed by atoms with Crippen molar-refractivity contribution in [2.45, 2.75) is 0 Å². The molecule has 0 saturated heterocycles. The first-order valence-electron chi connectivity index (χ1n) is 18.7.